The molecule has 0 aliphatic carbocycles. The third-order valence-electron chi connectivity index (χ3n) is 3.83. The molecule has 0 atom stereocenters. The van der Waals surface area contributed by atoms with Crippen molar-refractivity contribution >= 4 is 17.4 Å². The van der Waals surface area contributed by atoms with Gasteiger partial charge >= 0.3 is 6.36 Å². The maximum absolute atomic E-state index is 12.8. The van der Waals surface area contributed by atoms with E-state index in [4.69, 9.17) is 0 Å². The molecule has 0 saturated carbocycles. The number of benzene rings is 1. The number of rotatable bonds is 7. The molecule has 29 heavy (non-hydrogen) atoms. The minimum Gasteiger partial charge on any atom is -0.406 e. The van der Waals surface area contributed by atoms with Gasteiger partial charge in [-0.25, -0.2) is 14.6 Å². The molecular formula is C19H18F3N5O2. The van der Waals surface area contributed by atoms with Crippen molar-refractivity contribution in [1.29, 1.82) is 0 Å². The number of imidazole rings is 1. The fraction of sp³-hybridized carbons (Fsp3) is 0.211. The number of alkyl halides is 3. The quantitative estimate of drug-likeness (QED) is 0.641. The molecule has 3 aromatic rings. The summed E-state index contributed by atoms with van der Waals surface area (Å²) in [5.41, 5.74) is 0.634. The number of anilines is 2. The van der Waals surface area contributed by atoms with E-state index in [2.05, 4.69) is 20.0 Å². The van der Waals surface area contributed by atoms with Gasteiger partial charge in [0.1, 0.15) is 12.1 Å². The molecule has 152 valence electrons. The van der Waals surface area contributed by atoms with E-state index < -0.39 is 12.3 Å². The maximum Gasteiger partial charge on any atom is 0.573 e. The van der Waals surface area contributed by atoms with Crippen LogP contribution in [0.1, 0.15) is 23.7 Å². The van der Waals surface area contributed by atoms with E-state index in [0.717, 1.165) is 18.6 Å². The van der Waals surface area contributed by atoms with Crippen LogP contribution in [0.15, 0.2) is 61.3 Å². The van der Waals surface area contributed by atoms with E-state index in [1.807, 2.05) is 11.9 Å². The fourth-order valence-electron chi connectivity index (χ4n) is 2.66. The van der Waals surface area contributed by atoms with Crippen LogP contribution in [0.4, 0.5) is 24.7 Å². The van der Waals surface area contributed by atoms with E-state index in [-0.39, 0.29) is 5.75 Å². The Bertz CT molecular complexity index is 943. The molecule has 0 unspecified atom stereocenters. The highest BCUT2D eigenvalue weighted by atomic mass is 19.4. The van der Waals surface area contributed by atoms with Crippen molar-refractivity contribution in [2.75, 3.05) is 16.9 Å². The molecule has 1 amide bonds. The van der Waals surface area contributed by atoms with Crippen LogP contribution >= 0.6 is 0 Å². The lowest BCUT2D eigenvalue weighted by Crippen LogP contribution is -2.32. The molecule has 1 aromatic carbocycles. The number of nitrogens with zero attached hydrogens (tertiary/aromatic N) is 4. The highest BCUT2D eigenvalue weighted by Crippen LogP contribution is 2.25. The number of ether oxygens (including phenoxy) is 1. The molecule has 2 heterocycles. The summed E-state index contributed by atoms with van der Waals surface area (Å²) < 4.78 is 42.3. The van der Waals surface area contributed by atoms with Gasteiger partial charge in [0.25, 0.3) is 5.91 Å². The number of carbonyl (C=O) groups excluding carboxylic acids is 1. The highest BCUT2D eigenvalue weighted by molar-refractivity contribution is 6.07. The Kier molecular flexibility index (Phi) is 6.01. The summed E-state index contributed by atoms with van der Waals surface area (Å²) in [5, 5.41) is 4.47. The summed E-state index contributed by atoms with van der Waals surface area (Å²) in [4.78, 5) is 21.2. The lowest BCUT2D eigenvalue weighted by molar-refractivity contribution is -0.274. The molecule has 0 saturated heterocycles. The number of hydrogen-bond donors (Lipinski definition) is 1. The van der Waals surface area contributed by atoms with E-state index >= 15 is 0 Å². The Balaban J connectivity index is 1.81. The zero-order chi connectivity index (χ0) is 20.9. The van der Waals surface area contributed by atoms with Crippen molar-refractivity contribution in [1.82, 2.24) is 14.6 Å². The Morgan fingerprint density at radius 1 is 1.21 bits per heavy atom. The Morgan fingerprint density at radius 3 is 2.59 bits per heavy atom. The standard InChI is InChI=1S/C19H18F3N5O2/c1-2-11-27(26-12-10-23-13-26)17-16(4-3-9-24-17)18(28)25-14-5-7-15(8-6-14)29-19(20,21)22/h3-10,12-13H,2,11H2,1H3,(H,25,28). The van der Waals surface area contributed by atoms with Crippen molar-refractivity contribution < 1.29 is 22.7 Å². The van der Waals surface area contributed by atoms with Crippen LogP contribution in [0, 0.1) is 0 Å². The van der Waals surface area contributed by atoms with E-state index in [0.29, 0.717) is 23.6 Å². The van der Waals surface area contributed by atoms with Crippen LogP contribution in [0.25, 0.3) is 0 Å². The molecule has 10 heteroatoms. The van der Waals surface area contributed by atoms with Crippen molar-refractivity contribution in [3.8, 4) is 5.75 Å². The van der Waals surface area contributed by atoms with Gasteiger partial charge in [-0.15, -0.1) is 13.2 Å². The predicted molar refractivity (Wildman–Crippen MR) is 101 cm³/mol. The van der Waals surface area contributed by atoms with Gasteiger partial charge in [0, 0.05) is 30.8 Å². The Morgan fingerprint density at radius 2 is 1.97 bits per heavy atom. The monoisotopic (exact) mass is 405 g/mol. The normalized spacial score (nSPS) is 11.2. The number of halogens is 3. The molecule has 0 aliphatic rings. The topological polar surface area (TPSA) is 72.3 Å². The molecule has 0 bridgehead atoms. The number of pyridine rings is 1. The van der Waals surface area contributed by atoms with Crippen molar-refractivity contribution in [3.05, 3.63) is 66.9 Å². The summed E-state index contributed by atoms with van der Waals surface area (Å²) in [6, 6.07) is 8.17. The minimum atomic E-state index is -4.77. The van der Waals surface area contributed by atoms with Crippen LogP contribution in [0.2, 0.25) is 0 Å². The van der Waals surface area contributed by atoms with Gasteiger partial charge < -0.3 is 10.1 Å². The summed E-state index contributed by atoms with van der Waals surface area (Å²) in [5.74, 6) is -0.382. The first-order valence-electron chi connectivity index (χ1n) is 8.75. The molecule has 1 N–H and O–H groups in total. The van der Waals surface area contributed by atoms with E-state index in [9.17, 15) is 18.0 Å². The average molecular weight is 405 g/mol. The number of carbonyl (C=O) groups is 1. The van der Waals surface area contributed by atoms with Gasteiger partial charge in [0.15, 0.2) is 5.82 Å². The second-order valence-corrected chi connectivity index (χ2v) is 5.97. The largest absolute Gasteiger partial charge is 0.573 e. The third-order valence-corrected chi connectivity index (χ3v) is 3.83. The van der Waals surface area contributed by atoms with Crippen LogP contribution in [0.5, 0.6) is 5.75 Å². The van der Waals surface area contributed by atoms with Crippen LogP contribution in [0.3, 0.4) is 0 Å². The second-order valence-electron chi connectivity index (χ2n) is 5.97. The first-order valence-corrected chi connectivity index (χ1v) is 8.75. The fourth-order valence-corrected chi connectivity index (χ4v) is 2.66. The van der Waals surface area contributed by atoms with Gasteiger partial charge in [0.05, 0.1) is 5.56 Å². The summed E-state index contributed by atoms with van der Waals surface area (Å²) in [6.45, 7) is 2.59. The van der Waals surface area contributed by atoms with Crippen LogP contribution in [-0.4, -0.2) is 33.5 Å². The van der Waals surface area contributed by atoms with E-state index in [1.54, 1.807) is 41.7 Å². The Labute approximate surface area is 164 Å². The minimum absolute atomic E-state index is 0.310. The number of aromatic nitrogens is 3. The van der Waals surface area contributed by atoms with Crippen LogP contribution in [-0.2, 0) is 0 Å². The maximum atomic E-state index is 12.8. The van der Waals surface area contributed by atoms with Gasteiger partial charge in [-0.2, -0.15) is 0 Å². The zero-order valence-electron chi connectivity index (χ0n) is 15.4. The SMILES string of the molecule is CCCN(c1ncccc1C(=O)Nc1ccc(OC(F)(F)F)cc1)n1ccnc1. The molecule has 3 rings (SSSR count). The summed E-state index contributed by atoms with van der Waals surface area (Å²) in [6.07, 6.45) is 2.57. The molecule has 0 radical (unpaired) electrons. The summed E-state index contributed by atoms with van der Waals surface area (Å²) >= 11 is 0. The molecule has 0 spiro atoms. The smallest absolute Gasteiger partial charge is 0.406 e. The third kappa shape index (κ3) is 5.24. The molecule has 0 aliphatic heterocycles. The van der Waals surface area contributed by atoms with E-state index in [1.165, 1.54) is 12.1 Å². The number of amides is 1. The van der Waals surface area contributed by atoms with Crippen molar-refractivity contribution in [2.24, 2.45) is 0 Å². The Hall–Kier alpha value is -3.56. The van der Waals surface area contributed by atoms with Gasteiger partial charge in [-0.3, -0.25) is 9.80 Å². The predicted octanol–water partition coefficient (Wildman–Crippen LogP) is 4.11. The summed E-state index contributed by atoms with van der Waals surface area (Å²) in [7, 11) is 0. The van der Waals surface area contributed by atoms with Crippen LogP contribution < -0.4 is 15.1 Å². The molecule has 0 fully saturated rings. The second kappa shape index (κ2) is 8.63. The lowest BCUT2D eigenvalue weighted by atomic mass is 10.2. The number of hydrogen-bond acceptors (Lipinski definition) is 5. The van der Waals surface area contributed by atoms with Crippen molar-refractivity contribution in [2.45, 2.75) is 19.7 Å². The van der Waals surface area contributed by atoms with Gasteiger partial charge in [-0.05, 0) is 42.8 Å². The number of nitrogens with one attached hydrogen (secondary N) is 1. The molecular weight excluding hydrogens is 387 g/mol. The van der Waals surface area contributed by atoms with Gasteiger partial charge in [-0.1, -0.05) is 6.92 Å². The van der Waals surface area contributed by atoms with Gasteiger partial charge in [0.2, 0.25) is 0 Å². The lowest BCUT2D eigenvalue weighted by Gasteiger charge is -2.25. The molecule has 2 aromatic heterocycles. The molecule has 7 nitrogen and oxygen atoms in total. The zero-order valence-corrected chi connectivity index (χ0v) is 15.4. The average Bonchev–Trinajstić information content (AvgIpc) is 3.21. The van der Waals surface area contributed by atoms with Crippen molar-refractivity contribution in [3.63, 3.8) is 0 Å². The highest BCUT2D eigenvalue weighted by Gasteiger charge is 2.31. The first kappa shape index (κ1) is 20.2. The first-order chi connectivity index (χ1) is 13.9.